The van der Waals surface area contributed by atoms with Crippen LogP contribution in [0, 0.1) is 11.8 Å². The van der Waals surface area contributed by atoms with E-state index in [-0.39, 0.29) is 34.3 Å². The van der Waals surface area contributed by atoms with E-state index in [0.717, 1.165) is 0 Å². The fraction of sp³-hybridized carbons (Fsp3) is 0. The predicted molar refractivity (Wildman–Crippen MR) is 7.47 cm³/mol. The first-order chi connectivity index (χ1) is 1.00. The molecule has 0 aromatic heterocycles. The van der Waals surface area contributed by atoms with Crippen LogP contribution in [-0.2, 0) is 0 Å². The van der Waals surface area contributed by atoms with Gasteiger partial charge in [0.1, 0.15) is 0 Å². The zero-order chi connectivity index (χ0) is 2.00. The van der Waals surface area contributed by atoms with Gasteiger partial charge in [-0.3, -0.25) is 4.70 Å². The van der Waals surface area contributed by atoms with Gasteiger partial charge in [-0.05, 0) is 0 Å². The molecule has 0 radical (unpaired) electrons. The molecule has 1 nitrogen and oxygen atoms in total. The Hall–Kier alpha value is 0.420. The molecular formula is CHFNNa. The second-order valence-electron chi connectivity index (χ2n) is 0. The molecule has 0 aliphatic heterocycles. The second-order valence-corrected chi connectivity index (χ2v) is 0. The Kier molecular flexibility index (Phi) is 728. The molecule has 0 saturated heterocycles. The van der Waals surface area contributed by atoms with Gasteiger partial charge in [0.2, 0.25) is 0 Å². The maximum atomic E-state index is 6.25. The topological polar surface area (TPSA) is 23.8 Å². The van der Waals surface area contributed by atoms with Crippen LogP contribution in [-0.4, -0.2) is 0 Å². The van der Waals surface area contributed by atoms with E-state index >= 15 is 0 Å². The monoisotopic (exact) mass is 69.0 g/mol. The molecule has 0 unspecified atom stereocenters. The first-order valence-electron chi connectivity index (χ1n) is 0.224. The summed E-state index contributed by atoms with van der Waals surface area (Å²) in [5.41, 5.74) is 0. The van der Waals surface area contributed by atoms with Gasteiger partial charge in [0.05, 0.1) is 0 Å². The van der Waals surface area contributed by atoms with Crippen molar-refractivity contribution in [3.63, 3.8) is 0 Å². The molecule has 0 amide bonds. The van der Waals surface area contributed by atoms with Crippen LogP contribution in [0.15, 0.2) is 0 Å². The van der Waals surface area contributed by atoms with Crippen LogP contribution in [0.3, 0.4) is 0 Å². The number of hydrogen-bond donors (Lipinski definition) is 0. The van der Waals surface area contributed by atoms with E-state index < -0.39 is 0 Å². The Bertz CT molecular complexity index is 12.8. The van der Waals surface area contributed by atoms with Crippen LogP contribution in [0.1, 0.15) is 0 Å². The van der Waals surface area contributed by atoms with Crippen molar-refractivity contribution in [1.29, 1.82) is 5.26 Å². The normalized spacial score (nSPS) is 0.500. The summed E-state index contributed by atoms with van der Waals surface area (Å²) in [4.78, 5) is 0. The average molecular weight is 69.0 g/mol. The molecule has 0 aromatic carbocycles. The summed E-state index contributed by atoms with van der Waals surface area (Å²) in [6.07, 6.45) is 0. The fourth-order valence-electron chi connectivity index (χ4n) is 0. The predicted octanol–water partition coefficient (Wildman–Crippen LogP) is -2.75. The molecule has 0 bridgehead atoms. The van der Waals surface area contributed by atoms with Gasteiger partial charge in [0.25, 0.3) is 0 Å². The van der Waals surface area contributed by atoms with Crippen molar-refractivity contribution in [3.8, 4) is 0 Å². The van der Waals surface area contributed by atoms with Gasteiger partial charge in [-0.15, -0.1) is 0 Å². The smallest absolute Gasteiger partial charge is 0.512 e. The minimum atomic E-state index is 0. The Labute approximate surface area is 46.3 Å². The molecule has 0 heterocycles. The van der Waals surface area contributed by atoms with Crippen molar-refractivity contribution in [2.75, 3.05) is 0 Å². The van der Waals surface area contributed by atoms with Gasteiger partial charge in [0.15, 0.2) is 0 Å². The quantitative estimate of drug-likeness (QED) is 0.223. The third-order valence-electron chi connectivity index (χ3n) is 0. The molecular weight excluding hydrogens is 68.0 g/mol. The average Bonchev–Trinajstić information content (AvgIpc) is 1.00. The number of rotatable bonds is 0. The zero-order valence-corrected chi connectivity index (χ0v) is 4.36. The minimum Gasteiger partial charge on any atom is -0.512 e. The van der Waals surface area contributed by atoms with Gasteiger partial charge in [0, 0.05) is 0 Å². The molecule has 0 aliphatic rings. The van der Waals surface area contributed by atoms with Gasteiger partial charge < -0.3 is 11.8 Å². The number of hydrogen-bond acceptors (Lipinski definition) is 1. The first kappa shape index (κ1) is 25.6. The van der Waals surface area contributed by atoms with E-state index in [1.165, 1.54) is 0 Å². The van der Waals surface area contributed by atoms with Crippen LogP contribution in [0.2, 0.25) is 0 Å². The molecule has 0 spiro atoms. The Balaban J connectivity index is -0.00000000500. The van der Waals surface area contributed by atoms with Crippen molar-refractivity contribution >= 4 is 0 Å². The van der Waals surface area contributed by atoms with E-state index in [1.807, 2.05) is 0 Å². The molecule has 4 heavy (non-hydrogen) atoms. The van der Waals surface area contributed by atoms with Crippen molar-refractivity contribution in [2.24, 2.45) is 0 Å². The fourth-order valence-corrected chi connectivity index (χ4v) is 0. The van der Waals surface area contributed by atoms with Crippen molar-refractivity contribution < 1.29 is 34.3 Å². The van der Waals surface area contributed by atoms with E-state index in [4.69, 9.17) is 11.8 Å². The SMILES string of the molecule is F.[C-]#N.[Na+]. The summed E-state index contributed by atoms with van der Waals surface area (Å²) in [5.74, 6) is 0. The maximum Gasteiger partial charge on any atom is 1.00 e. The molecule has 0 saturated carbocycles. The largest absolute Gasteiger partial charge is 1.00 e. The molecule has 3 heteroatoms. The van der Waals surface area contributed by atoms with Crippen LogP contribution < -0.4 is 29.6 Å². The molecule has 0 fully saturated rings. The maximum absolute atomic E-state index is 6.25. The number of halogens is 1. The zero-order valence-electron chi connectivity index (χ0n) is 2.36. The molecule has 18 valence electrons. The van der Waals surface area contributed by atoms with Crippen LogP contribution >= 0.6 is 0 Å². The van der Waals surface area contributed by atoms with Crippen LogP contribution in [0.4, 0.5) is 4.70 Å². The molecule has 0 rings (SSSR count). The Morgan fingerprint density at radius 1 is 1.25 bits per heavy atom. The van der Waals surface area contributed by atoms with Crippen LogP contribution in [0.5, 0.6) is 0 Å². The van der Waals surface area contributed by atoms with Crippen molar-refractivity contribution in [2.45, 2.75) is 0 Å². The van der Waals surface area contributed by atoms with Gasteiger partial charge in [-0.2, -0.15) is 0 Å². The van der Waals surface area contributed by atoms with E-state index in [0.29, 0.717) is 0 Å². The summed E-state index contributed by atoms with van der Waals surface area (Å²) < 4.78 is 0. The molecule has 0 atom stereocenters. The van der Waals surface area contributed by atoms with Gasteiger partial charge in [-0.1, -0.05) is 0 Å². The Morgan fingerprint density at radius 2 is 1.25 bits per heavy atom. The minimum absolute atomic E-state index is 0. The molecule has 0 N–H and O–H groups in total. The van der Waals surface area contributed by atoms with E-state index in [1.54, 1.807) is 0 Å². The summed E-state index contributed by atoms with van der Waals surface area (Å²) in [7, 11) is 0. The van der Waals surface area contributed by atoms with Crippen molar-refractivity contribution in [3.05, 3.63) is 6.57 Å². The third-order valence-corrected chi connectivity index (χ3v) is 0. The second kappa shape index (κ2) is 114. The standard InChI is InChI=1S/CN.FH.Na/c1-2;;/h;1H;/q-1;;+1. The van der Waals surface area contributed by atoms with Gasteiger partial charge >= 0.3 is 29.6 Å². The molecule has 0 aromatic rings. The number of nitrogens with zero attached hydrogens (tertiary/aromatic N) is 1. The first-order valence-corrected chi connectivity index (χ1v) is 0.224. The van der Waals surface area contributed by atoms with E-state index in [9.17, 15) is 0 Å². The third kappa shape index (κ3) is 27.7. The van der Waals surface area contributed by atoms with Gasteiger partial charge in [-0.25, -0.2) is 0 Å². The van der Waals surface area contributed by atoms with Crippen LogP contribution in [0.25, 0.3) is 0 Å². The molecule has 0 aliphatic carbocycles. The summed E-state index contributed by atoms with van der Waals surface area (Å²) in [5, 5.41) is 6.25. The van der Waals surface area contributed by atoms with E-state index in [2.05, 4.69) is 0 Å². The summed E-state index contributed by atoms with van der Waals surface area (Å²) in [6.45, 7) is 4.75. The summed E-state index contributed by atoms with van der Waals surface area (Å²) >= 11 is 0. The van der Waals surface area contributed by atoms with Crippen molar-refractivity contribution in [1.82, 2.24) is 0 Å². The Morgan fingerprint density at radius 3 is 1.25 bits per heavy atom. The summed E-state index contributed by atoms with van der Waals surface area (Å²) in [6, 6.07) is 0.